The molecule has 0 radical (unpaired) electrons. The van der Waals surface area contributed by atoms with Crippen molar-refractivity contribution in [3.8, 4) is 11.8 Å². The van der Waals surface area contributed by atoms with Crippen molar-refractivity contribution in [3.05, 3.63) is 28.4 Å². The Kier molecular flexibility index (Phi) is 11.9. The van der Waals surface area contributed by atoms with E-state index in [0.29, 0.717) is 44.3 Å². The number of hydrogen-bond donors (Lipinski definition) is 6. The molecule has 1 aromatic rings. The van der Waals surface area contributed by atoms with Crippen LogP contribution in [-0.2, 0) is 19.2 Å². The number of aromatic amines is 1. The van der Waals surface area contributed by atoms with E-state index in [4.69, 9.17) is 5.11 Å². The summed E-state index contributed by atoms with van der Waals surface area (Å²) >= 11 is 0. The smallest absolute Gasteiger partial charge is 0.344 e. The Hall–Kier alpha value is -3.76. The molecule has 1 atom stereocenters. The summed E-state index contributed by atoms with van der Waals surface area (Å²) in [5, 5.41) is 19.2. The lowest BCUT2D eigenvalue weighted by molar-refractivity contribution is -0.138. The van der Waals surface area contributed by atoms with Crippen LogP contribution in [-0.4, -0.2) is 88.6 Å². The fourth-order valence-electron chi connectivity index (χ4n) is 3.90. The molecule has 4 amide bonds. The van der Waals surface area contributed by atoms with Crippen LogP contribution in [0.3, 0.4) is 0 Å². The Morgan fingerprint density at radius 1 is 1.18 bits per heavy atom. The molecule has 1 fully saturated rings. The molecule has 0 aromatic carbocycles. The number of nitrogens with zero attached hydrogens (tertiary/aromatic N) is 2. The number of carbonyl (C=O) groups is 4. The molecule has 38 heavy (non-hydrogen) atoms. The van der Waals surface area contributed by atoms with Crippen molar-refractivity contribution in [1.29, 1.82) is 0 Å². The highest BCUT2D eigenvalue weighted by Crippen LogP contribution is 2.23. The van der Waals surface area contributed by atoms with Crippen LogP contribution in [0.15, 0.2) is 17.2 Å². The number of unbranched alkanes of at least 4 members (excludes halogenated alkanes) is 1. The Balaban J connectivity index is 1.96. The second kappa shape index (κ2) is 14.8. The third kappa shape index (κ3) is 9.60. The second-order valence-corrected chi connectivity index (χ2v) is 9.57. The number of aliphatic hydroxyl groups is 1. The van der Waals surface area contributed by atoms with Crippen LogP contribution >= 0.6 is 0 Å². The number of aromatic nitrogens is 2. The highest BCUT2D eigenvalue weighted by molar-refractivity contribution is 5.96. The number of nitrogens with one attached hydrogen (secondary N) is 5. The topological polar surface area (TPSA) is 186 Å². The molecule has 0 aliphatic carbocycles. The molecule has 0 unspecified atom stereocenters. The number of carbonyl (C=O) groups excluding carboxylic acids is 4. The molecule has 13 nitrogen and oxygen atoms in total. The fraction of sp³-hybridized carbons (Fsp3) is 0.600. The summed E-state index contributed by atoms with van der Waals surface area (Å²) in [6.07, 6.45) is 4.57. The van der Waals surface area contributed by atoms with Crippen LogP contribution in [0.1, 0.15) is 51.5 Å². The van der Waals surface area contributed by atoms with Crippen LogP contribution in [0.4, 0.5) is 0 Å². The monoisotopic (exact) mass is 531 g/mol. The molecule has 208 valence electrons. The highest BCUT2D eigenvalue weighted by Gasteiger charge is 2.43. The zero-order valence-electron chi connectivity index (χ0n) is 22.1. The van der Waals surface area contributed by atoms with Gasteiger partial charge < -0.3 is 36.3 Å². The van der Waals surface area contributed by atoms with Gasteiger partial charge in [0.1, 0.15) is 18.3 Å². The third-order valence-electron chi connectivity index (χ3n) is 6.20. The predicted octanol–water partition coefficient (Wildman–Crippen LogP) is -1.80. The molecule has 2 rings (SSSR count). The lowest BCUT2D eigenvalue weighted by atomic mass is 9.85. The van der Waals surface area contributed by atoms with Crippen LogP contribution in [0.2, 0.25) is 0 Å². The van der Waals surface area contributed by atoms with E-state index in [1.54, 1.807) is 13.8 Å². The molecular formula is C25H37N7O6. The van der Waals surface area contributed by atoms with Gasteiger partial charge in [-0.05, 0) is 32.2 Å². The first-order valence-corrected chi connectivity index (χ1v) is 12.6. The molecule has 0 spiro atoms. The zero-order chi connectivity index (χ0) is 28.1. The Labute approximate surface area is 221 Å². The Bertz CT molecular complexity index is 1080. The number of rotatable bonds is 11. The second-order valence-electron chi connectivity index (χ2n) is 9.57. The summed E-state index contributed by atoms with van der Waals surface area (Å²) < 4.78 is 0. The van der Waals surface area contributed by atoms with Crippen molar-refractivity contribution in [1.82, 2.24) is 36.1 Å². The lowest BCUT2D eigenvalue weighted by Crippen LogP contribution is -2.66. The van der Waals surface area contributed by atoms with Gasteiger partial charge in [-0.2, -0.15) is 0 Å². The maximum absolute atomic E-state index is 13.3. The largest absolute Gasteiger partial charge is 0.376 e. The quantitative estimate of drug-likeness (QED) is 0.110. The van der Waals surface area contributed by atoms with E-state index in [1.165, 1.54) is 12.4 Å². The van der Waals surface area contributed by atoms with Crippen LogP contribution in [0, 0.1) is 17.8 Å². The summed E-state index contributed by atoms with van der Waals surface area (Å²) in [6, 6.07) is -0.858. The van der Waals surface area contributed by atoms with Gasteiger partial charge in [0.15, 0.2) is 0 Å². The minimum Gasteiger partial charge on any atom is -0.376 e. The summed E-state index contributed by atoms with van der Waals surface area (Å²) in [4.78, 5) is 69.7. The van der Waals surface area contributed by atoms with Gasteiger partial charge >= 0.3 is 5.69 Å². The van der Waals surface area contributed by atoms with Gasteiger partial charge in [-0.25, -0.2) is 9.78 Å². The van der Waals surface area contributed by atoms with E-state index in [-0.39, 0.29) is 24.8 Å². The fourth-order valence-corrected chi connectivity index (χ4v) is 3.90. The first-order valence-electron chi connectivity index (χ1n) is 12.6. The first-order chi connectivity index (χ1) is 18.1. The van der Waals surface area contributed by atoms with Crippen molar-refractivity contribution in [2.24, 2.45) is 5.92 Å². The summed E-state index contributed by atoms with van der Waals surface area (Å²) in [6.45, 7) is 3.84. The maximum atomic E-state index is 13.3. The van der Waals surface area contributed by atoms with Crippen molar-refractivity contribution >= 4 is 23.6 Å². The number of amides is 4. The minimum atomic E-state index is -1.23. The molecule has 0 saturated carbocycles. The average Bonchev–Trinajstić information content (AvgIpc) is 2.88. The van der Waals surface area contributed by atoms with Crippen molar-refractivity contribution in [2.75, 3.05) is 33.4 Å². The molecule has 1 aliphatic rings. The molecule has 13 heteroatoms. The van der Waals surface area contributed by atoms with Crippen LogP contribution in [0.25, 0.3) is 0 Å². The van der Waals surface area contributed by atoms with E-state index in [9.17, 15) is 24.0 Å². The van der Waals surface area contributed by atoms with Crippen LogP contribution < -0.4 is 27.0 Å². The minimum absolute atomic E-state index is 0.158. The van der Waals surface area contributed by atoms with E-state index in [0.717, 1.165) is 0 Å². The number of likely N-dealkylation sites (tertiary alicyclic amines) is 1. The normalized spacial score (nSPS) is 15.5. The molecule has 6 N–H and O–H groups in total. The van der Waals surface area contributed by atoms with E-state index in [1.807, 2.05) is 11.9 Å². The zero-order valence-corrected chi connectivity index (χ0v) is 22.1. The highest BCUT2D eigenvalue weighted by atomic mass is 16.3. The van der Waals surface area contributed by atoms with Gasteiger partial charge in [-0.15, -0.1) is 0 Å². The van der Waals surface area contributed by atoms with Crippen LogP contribution in [0.5, 0.6) is 0 Å². The van der Waals surface area contributed by atoms with Gasteiger partial charge in [0, 0.05) is 38.3 Å². The summed E-state index contributed by atoms with van der Waals surface area (Å²) in [5.74, 6) is 3.70. The predicted molar refractivity (Wildman–Crippen MR) is 138 cm³/mol. The van der Waals surface area contributed by atoms with E-state index >= 15 is 0 Å². The molecule has 1 aromatic heterocycles. The molecule has 1 aliphatic heterocycles. The molecule has 1 saturated heterocycles. The first kappa shape index (κ1) is 30.5. The number of hydrogen-bond acceptors (Lipinski definition) is 8. The average molecular weight is 532 g/mol. The van der Waals surface area contributed by atoms with Gasteiger partial charge in [0.05, 0.1) is 12.1 Å². The SMILES string of the molecule is CC(C)[C@H](NC(=O)CCCC#Cc1cnc(=O)[nH]c1)C(=O)NC1(C(=O)NCC(=O)NCO)CCN(C)CC1. The Morgan fingerprint density at radius 3 is 2.50 bits per heavy atom. The van der Waals surface area contributed by atoms with Gasteiger partial charge in [-0.1, -0.05) is 25.7 Å². The molecule has 2 heterocycles. The third-order valence-corrected chi connectivity index (χ3v) is 6.20. The maximum Gasteiger partial charge on any atom is 0.344 e. The summed E-state index contributed by atoms with van der Waals surface area (Å²) in [5.41, 5.74) is -1.12. The number of aliphatic hydroxyl groups excluding tert-OH is 1. The van der Waals surface area contributed by atoms with E-state index < -0.39 is 41.7 Å². The standard InChI is InChI=1S/C25H37N7O6/c1-17(2)21(30-19(34)8-6-4-5-7-18-13-27-24(38)28-14-18)22(36)31-25(9-11-32(3)12-10-25)23(37)26-15-20(35)29-16-33/h13-14,17,21,33H,4,6,8-12,15-16H2,1-3H3,(H,26,37)(H,29,35)(H,30,34)(H,31,36)(H,27,28,38)/t21-/m0/s1. The number of piperidine rings is 1. The van der Waals surface area contributed by atoms with Gasteiger partial charge in [0.2, 0.25) is 23.6 Å². The lowest BCUT2D eigenvalue weighted by Gasteiger charge is -2.41. The van der Waals surface area contributed by atoms with Gasteiger partial charge in [0.25, 0.3) is 0 Å². The van der Waals surface area contributed by atoms with E-state index in [2.05, 4.69) is 43.1 Å². The number of H-pyrrole nitrogens is 1. The van der Waals surface area contributed by atoms with Gasteiger partial charge in [-0.3, -0.25) is 19.2 Å². The van der Waals surface area contributed by atoms with Crippen molar-refractivity contribution < 1.29 is 24.3 Å². The molecule has 0 bridgehead atoms. The Morgan fingerprint density at radius 2 is 1.89 bits per heavy atom. The van der Waals surface area contributed by atoms with Crippen molar-refractivity contribution in [2.45, 2.75) is 57.5 Å². The van der Waals surface area contributed by atoms with Crippen molar-refractivity contribution in [3.63, 3.8) is 0 Å². The molecular weight excluding hydrogens is 494 g/mol. The summed E-state index contributed by atoms with van der Waals surface area (Å²) in [7, 11) is 1.91.